The predicted molar refractivity (Wildman–Crippen MR) is 86.1 cm³/mol. The molecular formula is C17H21N3O. The van der Waals surface area contributed by atoms with Crippen LogP contribution in [0.3, 0.4) is 0 Å². The summed E-state index contributed by atoms with van der Waals surface area (Å²) in [5, 5.41) is 0. The monoisotopic (exact) mass is 283 g/mol. The Morgan fingerprint density at radius 3 is 2.90 bits per heavy atom. The number of ether oxygens (including phenoxy) is 1. The van der Waals surface area contributed by atoms with Gasteiger partial charge in [0.1, 0.15) is 5.82 Å². The van der Waals surface area contributed by atoms with Gasteiger partial charge in [0.2, 0.25) is 5.88 Å². The maximum Gasteiger partial charge on any atom is 0.239 e. The van der Waals surface area contributed by atoms with Crippen LogP contribution in [0.25, 0.3) is 0 Å². The molecule has 1 aliphatic heterocycles. The van der Waals surface area contributed by atoms with Crippen LogP contribution >= 0.6 is 0 Å². The van der Waals surface area contributed by atoms with Gasteiger partial charge in [0, 0.05) is 12.2 Å². The lowest BCUT2D eigenvalue weighted by Crippen LogP contribution is -2.31. The Morgan fingerprint density at radius 2 is 2.10 bits per heavy atom. The molecule has 2 heterocycles. The van der Waals surface area contributed by atoms with E-state index in [1.54, 1.807) is 0 Å². The lowest BCUT2D eigenvalue weighted by molar-refractivity contribution is 0.329. The number of hydrogen-bond acceptors (Lipinski definition) is 4. The van der Waals surface area contributed by atoms with Gasteiger partial charge in [0.05, 0.1) is 12.3 Å². The van der Waals surface area contributed by atoms with Gasteiger partial charge < -0.3 is 15.4 Å². The fraction of sp³-hybridized carbons (Fsp3) is 0.353. The van der Waals surface area contributed by atoms with E-state index >= 15 is 0 Å². The Balaban J connectivity index is 2.02. The van der Waals surface area contributed by atoms with Crippen molar-refractivity contribution in [1.29, 1.82) is 0 Å². The minimum absolute atomic E-state index is 0.519. The largest absolute Gasteiger partial charge is 0.476 e. The molecule has 4 nitrogen and oxygen atoms in total. The van der Waals surface area contributed by atoms with Gasteiger partial charge in [-0.05, 0) is 43.0 Å². The highest BCUT2D eigenvalue weighted by Gasteiger charge is 2.23. The molecule has 4 heteroatoms. The molecule has 0 saturated carbocycles. The number of para-hydroxylation sites is 1. The first-order valence-electron chi connectivity index (χ1n) is 7.43. The molecule has 21 heavy (non-hydrogen) atoms. The van der Waals surface area contributed by atoms with Crippen LogP contribution in [0.1, 0.15) is 19.4 Å². The number of fused-ring (bicyclic) bond motifs is 1. The minimum atomic E-state index is 0.519. The number of anilines is 3. The van der Waals surface area contributed by atoms with Gasteiger partial charge in [0.15, 0.2) is 0 Å². The van der Waals surface area contributed by atoms with Gasteiger partial charge in [0.25, 0.3) is 0 Å². The van der Waals surface area contributed by atoms with Crippen molar-refractivity contribution in [1.82, 2.24) is 4.98 Å². The van der Waals surface area contributed by atoms with Gasteiger partial charge in [-0.3, -0.25) is 0 Å². The first kappa shape index (κ1) is 13.7. The van der Waals surface area contributed by atoms with Crippen molar-refractivity contribution >= 4 is 17.2 Å². The number of nitrogens with zero attached hydrogens (tertiary/aromatic N) is 2. The van der Waals surface area contributed by atoms with Crippen molar-refractivity contribution in [2.75, 3.05) is 23.8 Å². The summed E-state index contributed by atoms with van der Waals surface area (Å²) in [4.78, 5) is 6.85. The first-order valence-corrected chi connectivity index (χ1v) is 7.43. The summed E-state index contributed by atoms with van der Waals surface area (Å²) >= 11 is 0. The lowest BCUT2D eigenvalue weighted by Gasteiger charge is -2.34. The summed E-state index contributed by atoms with van der Waals surface area (Å²) in [6.45, 7) is 5.73. The molecule has 0 aliphatic carbocycles. The van der Waals surface area contributed by atoms with Crippen LogP contribution in [0.15, 0.2) is 36.4 Å². The van der Waals surface area contributed by atoms with Gasteiger partial charge in [-0.1, -0.05) is 25.1 Å². The van der Waals surface area contributed by atoms with Gasteiger partial charge in [-0.15, -0.1) is 0 Å². The number of aromatic nitrogens is 1. The second-order valence-electron chi connectivity index (χ2n) is 5.55. The van der Waals surface area contributed by atoms with E-state index in [-0.39, 0.29) is 0 Å². The lowest BCUT2D eigenvalue weighted by atomic mass is 9.94. The SMILES string of the molecule is CCOc1nc(N2CC(C)Cc3ccccc32)ccc1N. The summed E-state index contributed by atoms with van der Waals surface area (Å²) in [6, 6.07) is 12.3. The Labute approximate surface area is 125 Å². The third kappa shape index (κ3) is 2.66. The van der Waals surface area contributed by atoms with Crippen LogP contribution in [0, 0.1) is 5.92 Å². The van der Waals surface area contributed by atoms with Crippen molar-refractivity contribution < 1.29 is 4.74 Å². The molecule has 3 rings (SSSR count). The fourth-order valence-electron chi connectivity index (χ4n) is 2.86. The molecule has 1 aliphatic rings. The zero-order chi connectivity index (χ0) is 14.8. The average molecular weight is 283 g/mol. The van der Waals surface area contributed by atoms with E-state index in [1.807, 2.05) is 19.1 Å². The number of nitrogens with two attached hydrogens (primary N) is 1. The van der Waals surface area contributed by atoms with Crippen molar-refractivity contribution in [2.24, 2.45) is 5.92 Å². The van der Waals surface area contributed by atoms with Crippen molar-refractivity contribution in [3.05, 3.63) is 42.0 Å². The summed E-state index contributed by atoms with van der Waals surface area (Å²) in [6.07, 6.45) is 1.11. The Hall–Kier alpha value is -2.23. The number of benzene rings is 1. The molecule has 1 unspecified atom stereocenters. The quantitative estimate of drug-likeness (QED) is 0.938. The number of hydrogen-bond donors (Lipinski definition) is 1. The molecule has 2 aromatic rings. The third-order valence-electron chi connectivity index (χ3n) is 3.78. The molecule has 1 aromatic heterocycles. The molecule has 1 atom stereocenters. The minimum Gasteiger partial charge on any atom is -0.476 e. The molecule has 0 bridgehead atoms. The van der Waals surface area contributed by atoms with Crippen LogP contribution < -0.4 is 15.4 Å². The summed E-state index contributed by atoms with van der Waals surface area (Å²) < 4.78 is 5.52. The standard InChI is InChI=1S/C17H21N3O/c1-3-21-17-14(18)8-9-16(19-17)20-11-12(2)10-13-6-4-5-7-15(13)20/h4-9,12H,3,10-11,18H2,1-2H3. The predicted octanol–water partition coefficient (Wildman–Crippen LogP) is 3.39. The smallest absolute Gasteiger partial charge is 0.239 e. The van der Waals surface area contributed by atoms with Gasteiger partial charge in [-0.25, -0.2) is 0 Å². The van der Waals surface area contributed by atoms with Gasteiger partial charge in [-0.2, -0.15) is 4.98 Å². The highest BCUT2D eigenvalue weighted by molar-refractivity contribution is 5.67. The van der Waals surface area contributed by atoms with E-state index in [0.29, 0.717) is 24.1 Å². The van der Waals surface area contributed by atoms with Crippen molar-refractivity contribution in [3.63, 3.8) is 0 Å². The van der Waals surface area contributed by atoms with Crippen molar-refractivity contribution in [3.8, 4) is 5.88 Å². The molecular weight excluding hydrogens is 262 g/mol. The van der Waals surface area contributed by atoms with Crippen LogP contribution in [0.2, 0.25) is 0 Å². The van der Waals surface area contributed by atoms with Crippen molar-refractivity contribution in [2.45, 2.75) is 20.3 Å². The number of nitrogen functional groups attached to an aromatic ring is 1. The fourth-order valence-corrected chi connectivity index (χ4v) is 2.86. The second kappa shape index (κ2) is 5.64. The van der Waals surface area contributed by atoms with Crippen LogP contribution in [0.4, 0.5) is 17.2 Å². The second-order valence-corrected chi connectivity index (χ2v) is 5.55. The molecule has 0 fully saturated rings. The number of pyridine rings is 1. The topological polar surface area (TPSA) is 51.4 Å². The molecule has 0 spiro atoms. The number of rotatable bonds is 3. The zero-order valence-electron chi connectivity index (χ0n) is 12.5. The first-order chi connectivity index (χ1) is 10.2. The highest BCUT2D eigenvalue weighted by Crippen LogP contribution is 2.35. The summed E-state index contributed by atoms with van der Waals surface area (Å²) in [7, 11) is 0. The highest BCUT2D eigenvalue weighted by atomic mass is 16.5. The molecule has 110 valence electrons. The maximum atomic E-state index is 5.92. The Kier molecular flexibility index (Phi) is 3.69. The van der Waals surface area contributed by atoms with E-state index < -0.39 is 0 Å². The van der Waals surface area contributed by atoms with Crippen LogP contribution in [0.5, 0.6) is 5.88 Å². The van der Waals surface area contributed by atoms with Crippen LogP contribution in [-0.4, -0.2) is 18.1 Å². The summed E-state index contributed by atoms with van der Waals surface area (Å²) in [5.74, 6) is 2.01. The molecule has 0 saturated heterocycles. The van der Waals surface area contributed by atoms with E-state index in [4.69, 9.17) is 10.5 Å². The van der Waals surface area contributed by atoms with E-state index in [1.165, 1.54) is 11.3 Å². The Bertz CT molecular complexity index is 642. The van der Waals surface area contributed by atoms with Crippen LogP contribution in [-0.2, 0) is 6.42 Å². The maximum absolute atomic E-state index is 5.92. The van der Waals surface area contributed by atoms with E-state index in [9.17, 15) is 0 Å². The Morgan fingerprint density at radius 1 is 1.29 bits per heavy atom. The summed E-state index contributed by atoms with van der Waals surface area (Å²) in [5.41, 5.74) is 9.10. The van der Waals surface area contributed by atoms with E-state index in [0.717, 1.165) is 18.8 Å². The molecule has 1 aromatic carbocycles. The van der Waals surface area contributed by atoms with Gasteiger partial charge >= 0.3 is 0 Å². The normalized spacial score (nSPS) is 17.4. The molecule has 0 amide bonds. The van der Waals surface area contributed by atoms with E-state index in [2.05, 4.69) is 41.1 Å². The molecule has 0 radical (unpaired) electrons. The molecule has 2 N–H and O–H groups in total. The third-order valence-corrected chi connectivity index (χ3v) is 3.78. The average Bonchev–Trinajstić information content (AvgIpc) is 2.49. The zero-order valence-corrected chi connectivity index (χ0v) is 12.5.